The Kier molecular flexibility index (Phi) is 5.02. The lowest BCUT2D eigenvalue weighted by Crippen LogP contribution is -2.14. The summed E-state index contributed by atoms with van der Waals surface area (Å²) >= 11 is 3.52. The van der Waals surface area contributed by atoms with Crippen molar-refractivity contribution < 1.29 is 18.6 Å². The van der Waals surface area contributed by atoms with Gasteiger partial charge in [0.2, 0.25) is 0 Å². The van der Waals surface area contributed by atoms with E-state index in [9.17, 15) is 4.79 Å². The van der Waals surface area contributed by atoms with Gasteiger partial charge < -0.3 is 18.6 Å². The van der Waals surface area contributed by atoms with Crippen molar-refractivity contribution in [2.75, 3.05) is 6.79 Å². The van der Waals surface area contributed by atoms with Crippen LogP contribution in [0.4, 0.5) is 0 Å². The molecule has 1 aliphatic rings. The molecule has 0 saturated carbocycles. The Balaban J connectivity index is 1.43. The molecule has 4 aromatic rings. The molecular formula is C24H17BrO5. The van der Waals surface area contributed by atoms with Crippen molar-refractivity contribution in [1.82, 2.24) is 0 Å². The first kappa shape index (κ1) is 18.9. The summed E-state index contributed by atoms with van der Waals surface area (Å²) in [5.74, 6) is 1.41. The second kappa shape index (κ2) is 7.97. The largest absolute Gasteiger partial charge is 0.489 e. The Bertz CT molecular complexity index is 1280. The van der Waals surface area contributed by atoms with Gasteiger partial charge in [0.05, 0.1) is 17.6 Å². The molecule has 0 saturated heterocycles. The van der Waals surface area contributed by atoms with E-state index in [0.717, 1.165) is 26.9 Å². The van der Waals surface area contributed by atoms with E-state index in [0.29, 0.717) is 35.5 Å². The molecule has 5 rings (SSSR count). The standard InChI is InChI=1S/C24H17BrO5/c25-18-8-16-11-27-14-30-24(16)17(9-18)12-28-19-6-7-20-22(10-19)29-13-21(23(20)26)15-4-2-1-3-5-15/h1-10,13H,11-12,14H2. The van der Waals surface area contributed by atoms with Crippen molar-refractivity contribution in [2.45, 2.75) is 13.2 Å². The van der Waals surface area contributed by atoms with E-state index in [4.69, 9.17) is 18.6 Å². The highest BCUT2D eigenvalue weighted by atomic mass is 79.9. The molecule has 0 aliphatic carbocycles. The van der Waals surface area contributed by atoms with Crippen LogP contribution in [0.25, 0.3) is 22.1 Å². The molecule has 3 aromatic carbocycles. The summed E-state index contributed by atoms with van der Waals surface area (Å²) in [6, 6.07) is 18.7. The van der Waals surface area contributed by atoms with E-state index in [2.05, 4.69) is 15.9 Å². The van der Waals surface area contributed by atoms with Crippen molar-refractivity contribution in [3.63, 3.8) is 0 Å². The smallest absolute Gasteiger partial charge is 0.200 e. The van der Waals surface area contributed by atoms with E-state index in [1.807, 2.05) is 42.5 Å². The van der Waals surface area contributed by atoms with Crippen LogP contribution in [0.2, 0.25) is 0 Å². The molecule has 0 N–H and O–H groups in total. The van der Waals surface area contributed by atoms with Gasteiger partial charge in [0.1, 0.15) is 30.0 Å². The predicted octanol–water partition coefficient (Wildman–Crippen LogP) is 5.67. The van der Waals surface area contributed by atoms with Gasteiger partial charge in [0.15, 0.2) is 12.2 Å². The van der Waals surface area contributed by atoms with Crippen LogP contribution in [-0.2, 0) is 18.0 Å². The summed E-state index contributed by atoms with van der Waals surface area (Å²) in [6.45, 7) is 1.05. The highest BCUT2D eigenvalue weighted by Crippen LogP contribution is 2.33. The van der Waals surface area contributed by atoms with Crippen molar-refractivity contribution in [2.24, 2.45) is 0 Å². The Labute approximate surface area is 180 Å². The van der Waals surface area contributed by atoms with E-state index < -0.39 is 0 Å². The number of fused-ring (bicyclic) bond motifs is 2. The maximum Gasteiger partial charge on any atom is 0.200 e. The van der Waals surface area contributed by atoms with E-state index >= 15 is 0 Å². The first-order valence-corrected chi connectivity index (χ1v) is 10.2. The molecule has 1 aliphatic heterocycles. The maximum atomic E-state index is 12.9. The summed E-state index contributed by atoms with van der Waals surface area (Å²) in [6.07, 6.45) is 1.50. The fourth-order valence-corrected chi connectivity index (χ4v) is 4.09. The van der Waals surface area contributed by atoms with E-state index in [-0.39, 0.29) is 12.2 Å². The summed E-state index contributed by atoms with van der Waals surface area (Å²) in [4.78, 5) is 12.9. The van der Waals surface area contributed by atoms with Gasteiger partial charge in [0, 0.05) is 21.7 Å². The normalized spacial score (nSPS) is 13.0. The molecule has 6 heteroatoms. The van der Waals surface area contributed by atoms with E-state index in [1.165, 1.54) is 6.26 Å². The lowest BCUT2D eigenvalue weighted by molar-refractivity contribution is -0.0176. The van der Waals surface area contributed by atoms with Gasteiger partial charge >= 0.3 is 0 Å². The minimum absolute atomic E-state index is 0.0662. The molecule has 1 aromatic heterocycles. The fraction of sp³-hybridized carbons (Fsp3) is 0.125. The van der Waals surface area contributed by atoms with Gasteiger partial charge in [-0.25, -0.2) is 0 Å². The van der Waals surface area contributed by atoms with Crippen LogP contribution in [0.5, 0.6) is 11.5 Å². The Morgan fingerprint density at radius 3 is 2.77 bits per heavy atom. The van der Waals surface area contributed by atoms with Gasteiger partial charge in [0.25, 0.3) is 0 Å². The quantitative estimate of drug-likeness (QED) is 0.389. The maximum absolute atomic E-state index is 12.9. The summed E-state index contributed by atoms with van der Waals surface area (Å²) in [5, 5.41) is 0.518. The third-order valence-electron chi connectivity index (χ3n) is 4.98. The van der Waals surface area contributed by atoms with Crippen LogP contribution in [-0.4, -0.2) is 6.79 Å². The van der Waals surface area contributed by atoms with Crippen LogP contribution in [0.1, 0.15) is 11.1 Å². The van der Waals surface area contributed by atoms with Crippen LogP contribution in [0.15, 0.2) is 80.6 Å². The van der Waals surface area contributed by atoms with Crippen molar-refractivity contribution in [3.8, 4) is 22.6 Å². The number of halogens is 1. The summed E-state index contributed by atoms with van der Waals surface area (Å²) < 4.78 is 23.7. The molecule has 5 nitrogen and oxygen atoms in total. The van der Waals surface area contributed by atoms with Gasteiger partial charge in [-0.2, -0.15) is 0 Å². The van der Waals surface area contributed by atoms with Gasteiger partial charge in [-0.05, 0) is 29.8 Å². The number of hydrogen-bond donors (Lipinski definition) is 0. The number of hydrogen-bond acceptors (Lipinski definition) is 5. The molecule has 0 fully saturated rings. The summed E-state index contributed by atoms with van der Waals surface area (Å²) in [7, 11) is 0. The molecule has 0 radical (unpaired) electrons. The Morgan fingerprint density at radius 1 is 1.03 bits per heavy atom. The fourth-order valence-electron chi connectivity index (χ4n) is 3.54. The van der Waals surface area contributed by atoms with Gasteiger partial charge in [-0.3, -0.25) is 4.79 Å². The summed E-state index contributed by atoms with van der Waals surface area (Å²) in [5.41, 5.74) is 3.69. The number of rotatable bonds is 4. The molecule has 0 atom stereocenters. The minimum Gasteiger partial charge on any atom is -0.489 e. The average molecular weight is 465 g/mol. The van der Waals surface area contributed by atoms with Gasteiger partial charge in [-0.15, -0.1) is 0 Å². The zero-order valence-corrected chi connectivity index (χ0v) is 17.5. The highest BCUT2D eigenvalue weighted by molar-refractivity contribution is 9.10. The molecule has 0 unspecified atom stereocenters. The van der Waals surface area contributed by atoms with E-state index in [1.54, 1.807) is 18.2 Å². The zero-order chi connectivity index (χ0) is 20.5. The topological polar surface area (TPSA) is 57.9 Å². The second-order valence-corrected chi connectivity index (χ2v) is 7.87. The minimum atomic E-state index is -0.0662. The molecule has 2 heterocycles. The van der Waals surface area contributed by atoms with Crippen molar-refractivity contribution in [1.29, 1.82) is 0 Å². The predicted molar refractivity (Wildman–Crippen MR) is 117 cm³/mol. The lowest BCUT2D eigenvalue weighted by atomic mass is 10.1. The molecule has 150 valence electrons. The number of ether oxygens (including phenoxy) is 3. The number of benzene rings is 3. The monoisotopic (exact) mass is 464 g/mol. The molecular weight excluding hydrogens is 448 g/mol. The third kappa shape index (κ3) is 3.60. The molecule has 0 amide bonds. The van der Waals surface area contributed by atoms with Crippen LogP contribution < -0.4 is 14.9 Å². The van der Waals surface area contributed by atoms with Crippen molar-refractivity contribution >= 4 is 26.9 Å². The second-order valence-electron chi connectivity index (χ2n) is 6.95. The van der Waals surface area contributed by atoms with Crippen molar-refractivity contribution in [3.05, 3.63) is 92.7 Å². The highest BCUT2D eigenvalue weighted by Gasteiger charge is 2.17. The Hall–Kier alpha value is -3.09. The van der Waals surface area contributed by atoms with Crippen LogP contribution >= 0.6 is 15.9 Å². The third-order valence-corrected chi connectivity index (χ3v) is 5.43. The van der Waals surface area contributed by atoms with Crippen LogP contribution in [0.3, 0.4) is 0 Å². The molecule has 30 heavy (non-hydrogen) atoms. The van der Waals surface area contributed by atoms with Gasteiger partial charge in [-0.1, -0.05) is 46.3 Å². The molecule has 0 bridgehead atoms. The van der Waals surface area contributed by atoms with Crippen LogP contribution in [0, 0.1) is 0 Å². The average Bonchev–Trinajstić information content (AvgIpc) is 2.78. The zero-order valence-electron chi connectivity index (χ0n) is 15.9. The SMILES string of the molecule is O=c1c(-c2ccccc2)coc2cc(OCc3cc(Br)cc4c3OCOC4)ccc12. The molecule has 0 spiro atoms. The lowest BCUT2D eigenvalue weighted by Gasteiger charge is -2.21. The Morgan fingerprint density at radius 2 is 1.90 bits per heavy atom. The first-order chi connectivity index (χ1) is 14.7. The first-order valence-electron chi connectivity index (χ1n) is 9.45.